The molecule has 0 saturated carbocycles. The zero-order valence-corrected chi connectivity index (χ0v) is 12.2. The third-order valence-corrected chi connectivity index (χ3v) is 3.60. The molecule has 3 heteroatoms. The van der Waals surface area contributed by atoms with Gasteiger partial charge in [0.15, 0.2) is 0 Å². The van der Waals surface area contributed by atoms with E-state index in [4.69, 9.17) is 9.47 Å². The van der Waals surface area contributed by atoms with Crippen LogP contribution in [0.25, 0.3) is 0 Å². The minimum absolute atomic E-state index is 0.781. The van der Waals surface area contributed by atoms with Gasteiger partial charge >= 0.3 is 0 Å². The van der Waals surface area contributed by atoms with E-state index in [2.05, 4.69) is 17.9 Å². The fourth-order valence-electron chi connectivity index (χ4n) is 2.58. The highest BCUT2D eigenvalue weighted by Crippen LogP contribution is 2.22. The van der Waals surface area contributed by atoms with Crippen molar-refractivity contribution >= 4 is 0 Å². The fraction of sp³-hybridized carbons (Fsp3) is 0.625. The highest BCUT2D eigenvalue weighted by Gasteiger charge is 2.09. The zero-order valence-electron chi connectivity index (χ0n) is 12.2. The lowest BCUT2D eigenvalue weighted by Gasteiger charge is -2.26. The number of rotatable bonds is 6. The molecule has 1 saturated heterocycles. The highest BCUT2D eigenvalue weighted by atomic mass is 16.5. The number of hydrogen-bond donors (Lipinski definition) is 0. The summed E-state index contributed by atoms with van der Waals surface area (Å²) in [4.78, 5) is 2.55. The summed E-state index contributed by atoms with van der Waals surface area (Å²) in [5.41, 5.74) is 1.17. The van der Waals surface area contributed by atoms with Gasteiger partial charge in [0.05, 0.1) is 13.7 Å². The van der Waals surface area contributed by atoms with Crippen LogP contribution in [0.15, 0.2) is 18.2 Å². The molecule has 19 heavy (non-hydrogen) atoms. The van der Waals surface area contributed by atoms with Crippen LogP contribution in [0.5, 0.6) is 11.5 Å². The molecule has 0 radical (unpaired) electrons. The summed E-state index contributed by atoms with van der Waals surface area (Å²) >= 11 is 0. The summed E-state index contributed by atoms with van der Waals surface area (Å²) < 4.78 is 11.1. The second-order valence-corrected chi connectivity index (χ2v) is 5.29. The third kappa shape index (κ3) is 4.75. The van der Waals surface area contributed by atoms with Crippen LogP contribution in [0.1, 0.15) is 31.2 Å². The molecule has 0 unspecified atom stereocenters. The molecule has 0 atom stereocenters. The van der Waals surface area contributed by atoms with Gasteiger partial charge in [-0.3, -0.25) is 0 Å². The van der Waals surface area contributed by atoms with Gasteiger partial charge in [0.25, 0.3) is 0 Å². The molecule has 2 rings (SSSR count). The van der Waals surface area contributed by atoms with Crippen molar-refractivity contribution in [2.45, 2.75) is 32.6 Å². The van der Waals surface area contributed by atoms with Crippen LogP contribution in [0, 0.1) is 6.92 Å². The summed E-state index contributed by atoms with van der Waals surface area (Å²) in [5, 5.41) is 0. The Morgan fingerprint density at radius 2 is 1.79 bits per heavy atom. The number of ether oxygens (including phenoxy) is 2. The summed E-state index contributed by atoms with van der Waals surface area (Å²) in [6.45, 7) is 6.52. The van der Waals surface area contributed by atoms with Crippen molar-refractivity contribution in [3.63, 3.8) is 0 Å². The Balaban J connectivity index is 1.71. The molecule has 3 nitrogen and oxygen atoms in total. The Bertz CT molecular complexity index is 386. The molecule has 1 heterocycles. The van der Waals surface area contributed by atoms with Crippen molar-refractivity contribution in [1.29, 1.82) is 0 Å². The average Bonchev–Trinajstić information content (AvgIpc) is 2.44. The number of likely N-dealkylation sites (tertiary alicyclic amines) is 1. The summed E-state index contributed by atoms with van der Waals surface area (Å²) in [5.74, 6) is 1.78. The first kappa shape index (κ1) is 14.2. The molecule has 1 aliphatic heterocycles. The molecule has 1 aliphatic rings. The molecule has 0 spiro atoms. The van der Waals surface area contributed by atoms with Gasteiger partial charge in [0.2, 0.25) is 0 Å². The van der Waals surface area contributed by atoms with E-state index >= 15 is 0 Å². The second kappa shape index (κ2) is 7.39. The van der Waals surface area contributed by atoms with E-state index in [1.807, 2.05) is 12.1 Å². The van der Waals surface area contributed by atoms with E-state index in [1.54, 1.807) is 7.11 Å². The van der Waals surface area contributed by atoms with Gasteiger partial charge in [-0.25, -0.2) is 0 Å². The van der Waals surface area contributed by atoms with Crippen LogP contribution in [0.4, 0.5) is 0 Å². The largest absolute Gasteiger partial charge is 0.497 e. The Labute approximate surface area is 116 Å². The summed E-state index contributed by atoms with van der Waals surface area (Å²) in [6, 6.07) is 6.03. The number of hydrogen-bond acceptors (Lipinski definition) is 3. The second-order valence-electron chi connectivity index (χ2n) is 5.29. The maximum Gasteiger partial charge on any atom is 0.123 e. The SMILES string of the molecule is COc1cc(C)cc(OCCCN2CCCCC2)c1. The van der Waals surface area contributed by atoms with Crippen LogP contribution < -0.4 is 9.47 Å². The number of nitrogens with zero attached hydrogens (tertiary/aromatic N) is 1. The molecule has 1 aromatic carbocycles. The first-order valence-corrected chi connectivity index (χ1v) is 7.29. The minimum atomic E-state index is 0.781. The normalized spacial score (nSPS) is 16.3. The molecule has 0 N–H and O–H groups in total. The number of piperidine rings is 1. The molecule has 1 aromatic rings. The van der Waals surface area contributed by atoms with Gasteiger partial charge in [0, 0.05) is 12.6 Å². The fourth-order valence-corrected chi connectivity index (χ4v) is 2.58. The van der Waals surface area contributed by atoms with E-state index in [0.29, 0.717) is 0 Å². The van der Waals surface area contributed by atoms with Crippen molar-refractivity contribution < 1.29 is 9.47 Å². The lowest BCUT2D eigenvalue weighted by molar-refractivity contribution is 0.205. The van der Waals surface area contributed by atoms with Gasteiger partial charge in [-0.1, -0.05) is 6.42 Å². The van der Waals surface area contributed by atoms with E-state index in [-0.39, 0.29) is 0 Å². The molecule has 0 amide bonds. The molecule has 1 fully saturated rings. The van der Waals surface area contributed by atoms with Crippen molar-refractivity contribution in [2.75, 3.05) is 33.4 Å². The number of benzene rings is 1. The van der Waals surface area contributed by atoms with Crippen LogP contribution in [0.2, 0.25) is 0 Å². The zero-order chi connectivity index (χ0) is 13.5. The Hall–Kier alpha value is -1.22. The van der Waals surface area contributed by atoms with Crippen LogP contribution in [-0.4, -0.2) is 38.3 Å². The highest BCUT2D eigenvalue weighted by molar-refractivity contribution is 5.37. The standard InChI is InChI=1S/C16H25NO2/c1-14-11-15(18-2)13-16(12-14)19-10-6-9-17-7-4-3-5-8-17/h11-13H,3-10H2,1-2H3. The molecule has 0 aromatic heterocycles. The summed E-state index contributed by atoms with van der Waals surface area (Å²) in [7, 11) is 1.69. The van der Waals surface area contributed by atoms with E-state index < -0.39 is 0 Å². The maximum atomic E-state index is 5.81. The third-order valence-electron chi connectivity index (χ3n) is 3.60. The van der Waals surface area contributed by atoms with Gasteiger partial charge < -0.3 is 14.4 Å². The first-order chi connectivity index (χ1) is 9.28. The van der Waals surface area contributed by atoms with Crippen molar-refractivity contribution in [3.8, 4) is 11.5 Å². The van der Waals surface area contributed by atoms with Crippen molar-refractivity contribution in [2.24, 2.45) is 0 Å². The van der Waals surface area contributed by atoms with Gasteiger partial charge in [-0.2, -0.15) is 0 Å². The van der Waals surface area contributed by atoms with Crippen molar-refractivity contribution in [3.05, 3.63) is 23.8 Å². The van der Waals surface area contributed by atoms with Gasteiger partial charge in [-0.05, 0) is 57.0 Å². The quantitative estimate of drug-likeness (QED) is 0.735. The van der Waals surface area contributed by atoms with Crippen molar-refractivity contribution in [1.82, 2.24) is 4.90 Å². The first-order valence-electron chi connectivity index (χ1n) is 7.29. The van der Waals surface area contributed by atoms with E-state index in [1.165, 1.54) is 37.9 Å². The number of methoxy groups -OCH3 is 1. The molecule has 0 bridgehead atoms. The van der Waals surface area contributed by atoms with Crippen LogP contribution in [-0.2, 0) is 0 Å². The van der Waals surface area contributed by atoms with Crippen LogP contribution >= 0.6 is 0 Å². The molecule has 106 valence electrons. The smallest absolute Gasteiger partial charge is 0.123 e. The Kier molecular flexibility index (Phi) is 5.52. The molecular weight excluding hydrogens is 238 g/mol. The average molecular weight is 263 g/mol. The van der Waals surface area contributed by atoms with E-state index in [0.717, 1.165) is 31.1 Å². The van der Waals surface area contributed by atoms with E-state index in [9.17, 15) is 0 Å². The Morgan fingerprint density at radius 1 is 1.05 bits per heavy atom. The summed E-state index contributed by atoms with van der Waals surface area (Å²) in [6.07, 6.45) is 5.21. The minimum Gasteiger partial charge on any atom is -0.497 e. The maximum absolute atomic E-state index is 5.81. The Morgan fingerprint density at radius 3 is 2.53 bits per heavy atom. The topological polar surface area (TPSA) is 21.7 Å². The predicted molar refractivity (Wildman–Crippen MR) is 78.1 cm³/mol. The number of aryl methyl sites for hydroxylation is 1. The van der Waals surface area contributed by atoms with Crippen LogP contribution in [0.3, 0.4) is 0 Å². The molecular formula is C16H25NO2. The monoisotopic (exact) mass is 263 g/mol. The predicted octanol–water partition coefficient (Wildman–Crippen LogP) is 3.26. The van der Waals surface area contributed by atoms with Gasteiger partial charge in [-0.15, -0.1) is 0 Å². The lowest BCUT2D eigenvalue weighted by Crippen LogP contribution is -2.31. The van der Waals surface area contributed by atoms with Gasteiger partial charge in [0.1, 0.15) is 11.5 Å². The molecule has 0 aliphatic carbocycles. The lowest BCUT2D eigenvalue weighted by atomic mass is 10.1.